The highest BCUT2D eigenvalue weighted by molar-refractivity contribution is 9.10. The topological polar surface area (TPSA) is 25.2 Å². The second-order valence-electron chi connectivity index (χ2n) is 4.60. The zero-order valence-corrected chi connectivity index (χ0v) is 12.4. The van der Waals surface area contributed by atoms with Crippen molar-refractivity contribution in [3.05, 3.63) is 70.1 Å². The molecule has 0 saturated heterocycles. The third kappa shape index (κ3) is 2.49. The van der Waals surface area contributed by atoms with Gasteiger partial charge in [0.05, 0.1) is 6.04 Å². The minimum absolute atomic E-state index is 0.0569. The van der Waals surface area contributed by atoms with Crippen molar-refractivity contribution in [1.82, 2.24) is 5.32 Å². The van der Waals surface area contributed by atoms with Crippen LogP contribution >= 0.6 is 15.9 Å². The molecule has 3 rings (SSSR count). The molecule has 1 aromatic heterocycles. The summed E-state index contributed by atoms with van der Waals surface area (Å²) in [6.07, 6.45) is 0. The Hall–Kier alpha value is -1.65. The number of halogens is 2. The Kier molecular flexibility index (Phi) is 3.59. The van der Waals surface area contributed by atoms with Crippen molar-refractivity contribution in [2.24, 2.45) is 0 Å². The zero-order valence-electron chi connectivity index (χ0n) is 10.9. The first kappa shape index (κ1) is 13.3. The molecule has 0 bridgehead atoms. The first-order valence-corrected chi connectivity index (χ1v) is 7.08. The van der Waals surface area contributed by atoms with Crippen LogP contribution in [-0.2, 0) is 0 Å². The number of benzene rings is 2. The maximum atomic E-state index is 13.2. The van der Waals surface area contributed by atoms with E-state index in [1.165, 1.54) is 12.1 Å². The Bertz CT molecular complexity index is 736. The molecule has 1 N–H and O–H groups in total. The van der Waals surface area contributed by atoms with Crippen LogP contribution in [-0.4, -0.2) is 7.05 Å². The molecular formula is C16H13BrFNO. The molecular weight excluding hydrogens is 321 g/mol. The van der Waals surface area contributed by atoms with Gasteiger partial charge in [0.15, 0.2) is 0 Å². The fraction of sp³-hybridized carbons (Fsp3) is 0.125. The van der Waals surface area contributed by atoms with Gasteiger partial charge in [-0.1, -0.05) is 28.1 Å². The van der Waals surface area contributed by atoms with E-state index in [1.807, 2.05) is 37.4 Å². The predicted molar refractivity (Wildman–Crippen MR) is 81.2 cm³/mol. The van der Waals surface area contributed by atoms with Crippen molar-refractivity contribution in [2.45, 2.75) is 6.04 Å². The average molecular weight is 334 g/mol. The predicted octanol–water partition coefficient (Wildman–Crippen LogP) is 4.64. The molecule has 0 aliphatic rings. The van der Waals surface area contributed by atoms with E-state index in [0.717, 1.165) is 21.2 Å². The average Bonchev–Trinajstić information content (AvgIpc) is 2.84. The Morgan fingerprint density at radius 3 is 2.55 bits per heavy atom. The lowest BCUT2D eigenvalue weighted by Crippen LogP contribution is -2.16. The molecule has 0 saturated carbocycles. The number of furan rings is 1. The largest absolute Gasteiger partial charge is 0.459 e. The van der Waals surface area contributed by atoms with Crippen LogP contribution in [0.25, 0.3) is 11.0 Å². The van der Waals surface area contributed by atoms with Gasteiger partial charge in [-0.05, 0) is 49.0 Å². The van der Waals surface area contributed by atoms with Crippen molar-refractivity contribution >= 4 is 26.9 Å². The fourth-order valence-corrected chi connectivity index (χ4v) is 2.57. The van der Waals surface area contributed by atoms with Crippen LogP contribution in [0.4, 0.5) is 4.39 Å². The molecule has 3 aromatic rings. The smallest absolute Gasteiger partial charge is 0.134 e. The van der Waals surface area contributed by atoms with Crippen molar-refractivity contribution in [3.8, 4) is 0 Å². The Morgan fingerprint density at radius 1 is 1.10 bits per heavy atom. The highest BCUT2D eigenvalue weighted by atomic mass is 79.9. The van der Waals surface area contributed by atoms with Crippen molar-refractivity contribution in [3.63, 3.8) is 0 Å². The van der Waals surface area contributed by atoms with Crippen molar-refractivity contribution in [1.29, 1.82) is 0 Å². The second kappa shape index (κ2) is 5.38. The summed E-state index contributed by atoms with van der Waals surface area (Å²) in [6, 6.07) is 14.4. The van der Waals surface area contributed by atoms with Crippen LogP contribution < -0.4 is 5.32 Å². The summed E-state index contributed by atoms with van der Waals surface area (Å²) in [5, 5.41) is 4.00. The van der Waals surface area contributed by atoms with Crippen LogP contribution in [0.3, 0.4) is 0 Å². The molecule has 0 spiro atoms. The number of hydrogen-bond donors (Lipinski definition) is 1. The third-order valence-electron chi connectivity index (χ3n) is 3.27. The number of hydrogen-bond acceptors (Lipinski definition) is 2. The van der Waals surface area contributed by atoms with Gasteiger partial charge in [0.1, 0.15) is 17.2 Å². The first-order valence-electron chi connectivity index (χ1n) is 6.29. The molecule has 102 valence electrons. The van der Waals surface area contributed by atoms with Crippen LogP contribution in [0.2, 0.25) is 0 Å². The summed E-state index contributed by atoms with van der Waals surface area (Å²) >= 11 is 3.42. The van der Waals surface area contributed by atoms with E-state index in [0.29, 0.717) is 5.58 Å². The maximum Gasteiger partial charge on any atom is 0.134 e. The lowest BCUT2D eigenvalue weighted by Gasteiger charge is -2.13. The standard InChI is InChI=1S/C16H13BrFNO/c1-19-16(10-2-4-12(17)5-3-10)15-9-11-8-13(18)6-7-14(11)20-15/h2-9,16,19H,1H3. The lowest BCUT2D eigenvalue weighted by atomic mass is 10.0. The minimum atomic E-state index is -0.255. The van der Waals surface area contributed by atoms with Gasteiger partial charge in [0, 0.05) is 9.86 Å². The number of fused-ring (bicyclic) bond motifs is 1. The van der Waals surface area contributed by atoms with Crippen LogP contribution in [0.1, 0.15) is 17.4 Å². The highest BCUT2D eigenvalue weighted by Gasteiger charge is 2.16. The monoisotopic (exact) mass is 333 g/mol. The zero-order chi connectivity index (χ0) is 14.1. The van der Waals surface area contributed by atoms with E-state index in [2.05, 4.69) is 21.2 Å². The van der Waals surface area contributed by atoms with Crippen LogP contribution in [0.5, 0.6) is 0 Å². The molecule has 4 heteroatoms. The Balaban J connectivity index is 2.04. The highest BCUT2D eigenvalue weighted by Crippen LogP contribution is 2.29. The van der Waals surface area contributed by atoms with Gasteiger partial charge in [-0.3, -0.25) is 0 Å². The van der Waals surface area contributed by atoms with Crippen molar-refractivity contribution < 1.29 is 8.81 Å². The Labute approximate surface area is 124 Å². The maximum absolute atomic E-state index is 13.2. The SMILES string of the molecule is CNC(c1ccc(Br)cc1)c1cc2cc(F)ccc2o1. The van der Waals surface area contributed by atoms with Crippen LogP contribution in [0.15, 0.2) is 57.4 Å². The summed E-state index contributed by atoms with van der Waals surface area (Å²) in [7, 11) is 1.88. The molecule has 0 amide bonds. The molecule has 1 atom stereocenters. The number of rotatable bonds is 3. The van der Waals surface area contributed by atoms with Gasteiger partial charge < -0.3 is 9.73 Å². The molecule has 0 radical (unpaired) electrons. The summed E-state index contributed by atoms with van der Waals surface area (Å²) in [6.45, 7) is 0. The molecule has 1 unspecified atom stereocenters. The molecule has 2 aromatic carbocycles. The van der Waals surface area contributed by atoms with E-state index in [-0.39, 0.29) is 11.9 Å². The second-order valence-corrected chi connectivity index (χ2v) is 5.52. The van der Waals surface area contributed by atoms with Gasteiger partial charge in [0.2, 0.25) is 0 Å². The molecule has 0 aliphatic heterocycles. The van der Waals surface area contributed by atoms with E-state index in [4.69, 9.17) is 4.42 Å². The Morgan fingerprint density at radius 2 is 1.85 bits per heavy atom. The van der Waals surface area contributed by atoms with E-state index in [1.54, 1.807) is 6.07 Å². The van der Waals surface area contributed by atoms with E-state index in [9.17, 15) is 4.39 Å². The van der Waals surface area contributed by atoms with Gasteiger partial charge in [-0.25, -0.2) is 4.39 Å². The summed E-state index contributed by atoms with van der Waals surface area (Å²) in [5.74, 6) is 0.518. The minimum Gasteiger partial charge on any atom is -0.459 e. The van der Waals surface area contributed by atoms with Gasteiger partial charge in [-0.2, -0.15) is 0 Å². The fourth-order valence-electron chi connectivity index (χ4n) is 2.31. The molecule has 0 aliphatic carbocycles. The third-order valence-corrected chi connectivity index (χ3v) is 3.80. The lowest BCUT2D eigenvalue weighted by molar-refractivity contribution is 0.491. The first-order chi connectivity index (χ1) is 9.67. The quantitative estimate of drug-likeness (QED) is 0.755. The van der Waals surface area contributed by atoms with Crippen LogP contribution in [0, 0.1) is 5.82 Å². The van der Waals surface area contributed by atoms with Gasteiger partial charge in [-0.15, -0.1) is 0 Å². The normalized spacial score (nSPS) is 12.8. The van der Waals surface area contributed by atoms with E-state index < -0.39 is 0 Å². The van der Waals surface area contributed by atoms with Gasteiger partial charge >= 0.3 is 0 Å². The molecule has 0 fully saturated rings. The molecule has 20 heavy (non-hydrogen) atoms. The van der Waals surface area contributed by atoms with E-state index >= 15 is 0 Å². The summed E-state index contributed by atoms with van der Waals surface area (Å²) < 4.78 is 20.1. The van der Waals surface area contributed by atoms with Crippen molar-refractivity contribution in [2.75, 3.05) is 7.05 Å². The number of nitrogens with one attached hydrogen (secondary N) is 1. The van der Waals surface area contributed by atoms with Gasteiger partial charge in [0.25, 0.3) is 0 Å². The molecule has 1 heterocycles. The molecule has 2 nitrogen and oxygen atoms in total. The summed E-state index contributed by atoms with van der Waals surface area (Å²) in [4.78, 5) is 0. The summed E-state index contributed by atoms with van der Waals surface area (Å²) in [5.41, 5.74) is 1.79.